The highest BCUT2D eigenvalue weighted by Gasteiger charge is 2.30. The van der Waals surface area contributed by atoms with Gasteiger partial charge in [0.15, 0.2) is 0 Å². The third-order valence-electron chi connectivity index (χ3n) is 4.33. The highest BCUT2D eigenvalue weighted by Crippen LogP contribution is 2.39. The fourth-order valence-electron chi connectivity index (χ4n) is 3.13. The first-order chi connectivity index (χ1) is 11.6. The minimum absolute atomic E-state index is 0.00684. The molecule has 2 aromatic carbocycles. The molecule has 118 valence electrons. The Hall–Kier alpha value is -3.13. The Morgan fingerprint density at radius 2 is 1.96 bits per heavy atom. The Morgan fingerprint density at radius 3 is 2.62 bits per heavy atom. The molecule has 0 spiro atoms. The van der Waals surface area contributed by atoms with Crippen LogP contribution in [0.4, 0.5) is 4.39 Å². The summed E-state index contributed by atoms with van der Waals surface area (Å²) in [4.78, 5) is 12.8. The van der Waals surface area contributed by atoms with Gasteiger partial charge in [0.1, 0.15) is 23.3 Å². The fourth-order valence-corrected chi connectivity index (χ4v) is 3.13. The lowest BCUT2D eigenvalue weighted by molar-refractivity contribution is 0.476. The Kier molecular flexibility index (Phi) is 3.14. The van der Waals surface area contributed by atoms with E-state index >= 15 is 0 Å². The summed E-state index contributed by atoms with van der Waals surface area (Å²) in [6.45, 7) is 0. The molecule has 24 heavy (non-hydrogen) atoms. The number of hydrogen-bond acceptors (Lipinski definition) is 3. The Balaban J connectivity index is 2.21. The van der Waals surface area contributed by atoms with E-state index in [2.05, 4.69) is 6.07 Å². The largest absolute Gasteiger partial charge is 0.508 e. The first-order valence-corrected chi connectivity index (χ1v) is 7.67. The lowest BCUT2D eigenvalue weighted by atomic mass is 9.96. The summed E-state index contributed by atoms with van der Waals surface area (Å²) in [7, 11) is 0. The van der Waals surface area contributed by atoms with E-state index in [1.807, 2.05) is 0 Å². The smallest absolute Gasteiger partial charge is 0.259 e. The van der Waals surface area contributed by atoms with Crippen molar-refractivity contribution in [1.82, 2.24) is 4.57 Å². The number of nitrogens with zero attached hydrogens (tertiary/aromatic N) is 2. The van der Waals surface area contributed by atoms with Crippen LogP contribution in [0.25, 0.3) is 21.9 Å². The predicted octanol–water partition coefficient (Wildman–Crippen LogP) is 3.72. The monoisotopic (exact) mass is 320 g/mol. The third kappa shape index (κ3) is 2.16. The number of nitriles is 1. The average molecular weight is 320 g/mol. The normalized spacial score (nSPS) is 13.8. The van der Waals surface area contributed by atoms with Gasteiger partial charge >= 0.3 is 0 Å². The summed E-state index contributed by atoms with van der Waals surface area (Å²) in [6, 6.07) is 12.5. The van der Waals surface area contributed by atoms with Crippen LogP contribution < -0.4 is 5.56 Å². The zero-order chi connectivity index (χ0) is 16.8. The number of halogens is 1. The molecule has 0 bridgehead atoms. The zero-order valence-corrected chi connectivity index (χ0v) is 12.7. The minimum Gasteiger partial charge on any atom is -0.508 e. The van der Waals surface area contributed by atoms with Gasteiger partial charge in [-0.3, -0.25) is 9.36 Å². The Morgan fingerprint density at radius 1 is 1.17 bits per heavy atom. The molecule has 4 nitrogen and oxygen atoms in total. The molecule has 0 saturated heterocycles. The highest BCUT2D eigenvalue weighted by molar-refractivity contribution is 5.99. The molecule has 1 N–H and O–H groups in total. The number of aromatic hydroxyl groups is 1. The van der Waals surface area contributed by atoms with Gasteiger partial charge < -0.3 is 5.11 Å². The number of rotatable bonds is 2. The molecule has 0 unspecified atom stereocenters. The van der Waals surface area contributed by atoms with Crippen LogP contribution in [0.3, 0.4) is 0 Å². The third-order valence-corrected chi connectivity index (χ3v) is 4.33. The standard InChI is InChI=1S/C19H13FN2O2/c20-12-3-1-2-11(8-12)18-16-9-14(23)6-7-15(16)19(24)22(13-4-5-13)17(18)10-21/h1-3,6-9,13,23H,4-5H2. The molecule has 1 aromatic heterocycles. The van der Waals surface area contributed by atoms with Crippen molar-refractivity contribution in [3.8, 4) is 22.9 Å². The van der Waals surface area contributed by atoms with E-state index in [1.165, 1.54) is 28.8 Å². The molecular weight excluding hydrogens is 307 g/mol. The van der Waals surface area contributed by atoms with Crippen molar-refractivity contribution in [2.45, 2.75) is 18.9 Å². The molecule has 0 aliphatic heterocycles. The number of hydrogen-bond donors (Lipinski definition) is 1. The molecular formula is C19H13FN2O2. The number of benzene rings is 2. The van der Waals surface area contributed by atoms with Gasteiger partial charge in [0.05, 0.1) is 0 Å². The van der Waals surface area contributed by atoms with E-state index in [0.717, 1.165) is 12.8 Å². The van der Waals surface area contributed by atoms with Crippen molar-refractivity contribution >= 4 is 10.8 Å². The van der Waals surface area contributed by atoms with Gasteiger partial charge in [0, 0.05) is 22.4 Å². The number of fused-ring (bicyclic) bond motifs is 1. The van der Waals surface area contributed by atoms with Gasteiger partial charge in [-0.2, -0.15) is 5.26 Å². The van der Waals surface area contributed by atoms with Crippen molar-refractivity contribution in [3.05, 3.63) is 64.3 Å². The molecule has 5 heteroatoms. The molecule has 1 fully saturated rings. The van der Waals surface area contributed by atoms with Crippen LogP contribution in [-0.4, -0.2) is 9.67 Å². The maximum atomic E-state index is 13.7. The van der Waals surface area contributed by atoms with Crippen molar-refractivity contribution < 1.29 is 9.50 Å². The summed E-state index contributed by atoms with van der Waals surface area (Å²) >= 11 is 0. The van der Waals surface area contributed by atoms with Crippen molar-refractivity contribution in [2.24, 2.45) is 0 Å². The zero-order valence-electron chi connectivity index (χ0n) is 12.7. The molecule has 1 saturated carbocycles. The van der Waals surface area contributed by atoms with E-state index in [1.54, 1.807) is 18.2 Å². The van der Waals surface area contributed by atoms with Gasteiger partial charge in [-0.05, 0) is 48.7 Å². The first kappa shape index (κ1) is 14.5. The first-order valence-electron chi connectivity index (χ1n) is 7.67. The predicted molar refractivity (Wildman–Crippen MR) is 88.3 cm³/mol. The maximum absolute atomic E-state index is 13.7. The van der Waals surface area contributed by atoms with Crippen molar-refractivity contribution in [3.63, 3.8) is 0 Å². The SMILES string of the molecule is N#Cc1c(-c2cccc(F)c2)c2cc(O)ccc2c(=O)n1C1CC1. The van der Waals surface area contributed by atoms with Gasteiger partial charge in [-0.25, -0.2) is 4.39 Å². The summed E-state index contributed by atoms with van der Waals surface area (Å²) in [5, 5.41) is 20.4. The second kappa shape index (κ2) is 5.20. The molecule has 1 aliphatic carbocycles. The number of pyridine rings is 1. The van der Waals surface area contributed by atoms with Crippen molar-refractivity contribution in [1.29, 1.82) is 5.26 Å². The van der Waals surface area contributed by atoms with Gasteiger partial charge in [-0.1, -0.05) is 12.1 Å². The number of phenols is 1. The van der Waals surface area contributed by atoms with Crippen LogP contribution in [0.15, 0.2) is 47.3 Å². The van der Waals surface area contributed by atoms with E-state index in [9.17, 15) is 19.6 Å². The highest BCUT2D eigenvalue weighted by atomic mass is 19.1. The molecule has 1 heterocycles. The topological polar surface area (TPSA) is 66.0 Å². The van der Waals surface area contributed by atoms with E-state index in [-0.39, 0.29) is 23.0 Å². The quantitative estimate of drug-likeness (QED) is 0.782. The number of phenolic OH excluding ortho intramolecular Hbond substituents is 1. The van der Waals surface area contributed by atoms with Crippen LogP contribution in [0.5, 0.6) is 5.75 Å². The molecule has 0 amide bonds. The van der Waals surface area contributed by atoms with Crippen LogP contribution in [0, 0.1) is 17.1 Å². The van der Waals surface area contributed by atoms with Crippen LogP contribution in [0.1, 0.15) is 24.6 Å². The number of aromatic nitrogens is 1. The van der Waals surface area contributed by atoms with Crippen LogP contribution in [0.2, 0.25) is 0 Å². The van der Waals surface area contributed by atoms with E-state index in [0.29, 0.717) is 21.9 Å². The van der Waals surface area contributed by atoms with E-state index < -0.39 is 5.82 Å². The Labute approximate surface area is 137 Å². The molecule has 1 aliphatic rings. The van der Waals surface area contributed by atoms with Gasteiger partial charge in [0.25, 0.3) is 5.56 Å². The average Bonchev–Trinajstić information content (AvgIpc) is 3.38. The van der Waals surface area contributed by atoms with Crippen LogP contribution in [-0.2, 0) is 0 Å². The van der Waals surface area contributed by atoms with Crippen molar-refractivity contribution in [2.75, 3.05) is 0 Å². The maximum Gasteiger partial charge on any atom is 0.259 e. The summed E-state index contributed by atoms with van der Waals surface area (Å²) in [5.74, 6) is -0.429. The Bertz CT molecular complexity index is 1080. The van der Waals surface area contributed by atoms with Crippen LogP contribution >= 0.6 is 0 Å². The summed E-state index contributed by atoms with van der Waals surface area (Å²) in [5.41, 5.74) is 0.960. The second-order valence-corrected chi connectivity index (χ2v) is 5.98. The molecule has 0 atom stereocenters. The van der Waals surface area contributed by atoms with Gasteiger partial charge in [-0.15, -0.1) is 0 Å². The van der Waals surface area contributed by atoms with Gasteiger partial charge in [0.2, 0.25) is 0 Å². The fraction of sp³-hybridized carbons (Fsp3) is 0.158. The lowest BCUT2D eigenvalue weighted by Gasteiger charge is -2.15. The summed E-state index contributed by atoms with van der Waals surface area (Å²) in [6.07, 6.45) is 1.70. The lowest BCUT2D eigenvalue weighted by Crippen LogP contribution is -2.23. The molecule has 3 aromatic rings. The van der Waals surface area contributed by atoms with E-state index in [4.69, 9.17) is 0 Å². The molecule has 0 radical (unpaired) electrons. The second-order valence-electron chi connectivity index (χ2n) is 5.98. The molecule has 4 rings (SSSR count). The summed E-state index contributed by atoms with van der Waals surface area (Å²) < 4.78 is 15.2. The minimum atomic E-state index is -0.422.